The van der Waals surface area contributed by atoms with Crippen LogP contribution in [0.4, 0.5) is 4.79 Å². The summed E-state index contributed by atoms with van der Waals surface area (Å²) in [5, 5.41) is 3.72. The highest BCUT2D eigenvalue weighted by molar-refractivity contribution is 7.13. The molecule has 0 unspecified atom stereocenters. The number of esters is 1. The lowest BCUT2D eigenvalue weighted by molar-refractivity contribution is -0.0856. The van der Waals surface area contributed by atoms with Gasteiger partial charge in [-0.15, -0.1) is 11.3 Å². The average molecular weight is 431 g/mol. The van der Waals surface area contributed by atoms with Crippen molar-refractivity contribution in [3.63, 3.8) is 0 Å². The van der Waals surface area contributed by atoms with Crippen molar-refractivity contribution >= 4 is 23.4 Å². The maximum Gasteiger partial charge on any atom is 0.407 e. The number of carbonyl (C=O) groups is 2. The van der Waals surface area contributed by atoms with Crippen LogP contribution < -0.4 is 10.1 Å². The van der Waals surface area contributed by atoms with Gasteiger partial charge in [0.15, 0.2) is 4.88 Å². The molecule has 4 rings (SSSR count). The second-order valence-corrected chi connectivity index (χ2v) is 9.25. The fraction of sp³-hybridized carbons (Fsp3) is 0.500. The number of amides is 1. The number of thiazole rings is 1. The number of benzene rings is 1. The van der Waals surface area contributed by atoms with E-state index in [9.17, 15) is 9.59 Å². The number of rotatable bonds is 7. The molecule has 1 aromatic heterocycles. The molecule has 2 fully saturated rings. The van der Waals surface area contributed by atoms with Gasteiger partial charge < -0.3 is 19.5 Å². The Morgan fingerprint density at radius 3 is 2.60 bits per heavy atom. The summed E-state index contributed by atoms with van der Waals surface area (Å²) < 4.78 is 16.4. The van der Waals surface area contributed by atoms with Crippen molar-refractivity contribution in [1.29, 1.82) is 0 Å². The maximum atomic E-state index is 12.1. The molecule has 8 heteroatoms. The Labute approximate surface area is 179 Å². The summed E-state index contributed by atoms with van der Waals surface area (Å²) in [6.07, 6.45) is 3.34. The number of ether oxygens (including phenoxy) is 3. The molecule has 0 atom stereocenters. The normalized spacial score (nSPS) is 24.5. The van der Waals surface area contributed by atoms with Crippen molar-refractivity contribution in [3.05, 3.63) is 45.8 Å². The Kier molecular flexibility index (Phi) is 5.94. The first kappa shape index (κ1) is 20.7. The Hall–Kier alpha value is -2.61. The Balaban J connectivity index is 1.19. The van der Waals surface area contributed by atoms with Gasteiger partial charge in [0.25, 0.3) is 0 Å². The molecule has 1 spiro atoms. The number of hydrogen-bond acceptors (Lipinski definition) is 7. The lowest BCUT2D eigenvalue weighted by atomic mass is 9.53. The predicted octanol–water partition coefficient (Wildman–Crippen LogP) is 4.24. The van der Waals surface area contributed by atoms with Gasteiger partial charge in [0.1, 0.15) is 12.7 Å². The van der Waals surface area contributed by atoms with Crippen LogP contribution in [0.2, 0.25) is 0 Å². The fourth-order valence-corrected chi connectivity index (χ4v) is 5.06. The van der Waals surface area contributed by atoms with E-state index in [1.54, 1.807) is 6.92 Å². The minimum Gasteiger partial charge on any atom is -0.473 e. The molecule has 0 radical (unpaired) electrons. The summed E-state index contributed by atoms with van der Waals surface area (Å²) in [5.41, 5.74) is 1.19. The van der Waals surface area contributed by atoms with Gasteiger partial charge in [-0.2, -0.15) is 0 Å². The second kappa shape index (κ2) is 8.63. The summed E-state index contributed by atoms with van der Waals surface area (Å²) in [6.45, 7) is 4.22. The molecule has 2 aliphatic rings. The van der Waals surface area contributed by atoms with Crippen LogP contribution in [0.15, 0.2) is 30.3 Å². The molecule has 0 aliphatic heterocycles. The number of aromatic nitrogens is 1. The molecule has 7 nitrogen and oxygen atoms in total. The fourth-order valence-electron chi connectivity index (χ4n) is 4.31. The SMILES string of the molecule is CCOC(=O)c1sc(C)nc1O[C@H]1CC2(C[C@H](NC(=O)OCc3ccccc3)C2)C1. The second-order valence-electron chi connectivity index (χ2n) is 8.05. The smallest absolute Gasteiger partial charge is 0.407 e. The molecule has 1 aromatic carbocycles. The van der Waals surface area contributed by atoms with E-state index in [4.69, 9.17) is 14.2 Å². The highest BCUT2D eigenvalue weighted by Gasteiger charge is 2.54. The van der Waals surface area contributed by atoms with Crippen LogP contribution in [0.3, 0.4) is 0 Å². The molecule has 2 saturated carbocycles. The molecule has 0 bridgehead atoms. The summed E-state index contributed by atoms with van der Waals surface area (Å²) in [5.74, 6) is 0.00310. The summed E-state index contributed by atoms with van der Waals surface area (Å²) in [7, 11) is 0. The molecule has 1 heterocycles. The van der Waals surface area contributed by atoms with E-state index in [0.717, 1.165) is 36.3 Å². The number of aryl methyl sites for hydroxylation is 1. The van der Waals surface area contributed by atoms with Gasteiger partial charge in [0, 0.05) is 6.04 Å². The van der Waals surface area contributed by atoms with E-state index in [2.05, 4.69) is 10.3 Å². The van der Waals surface area contributed by atoms with E-state index in [-0.39, 0.29) is 36.2 Å². The number of alkyl carbamates (subject to hydrolysis) is 1. The topological polar surface area (TPSA) is 86.8 Å². The first-order chi connectivity index (χ1) is 14.5. The van der Waals surface area contributed by atoms with Crippen LogP contribution in [0.25, 0.3) is 0 Å². The van der Waals surface area contributed by atoms with E-state index in [1.807, 2.05) is 37.3 Å². The third-order valence-electron chi connectivity index (χ3n) is 5.66. The van der Waals surface area contributed by atoms with Crippen LogP contribution >= 0.6 is 11.3 Å². The number of hydrogen-bond donors (Lipinski definition) is 1. The standard InChI is InChI=1S/C22H26N2O5S/c1-3-27-20(25)18-19(23-14(2)30-18)29-17-11-22(12-17)9-16(10-22)24-21(26)28-13-15-7-5-4-6-8-15/h4-8,16-17H,3,9-13H2,1-2H3,(H,24,26)/t16-,17-,22?. The van der Waals surface area contributed by atoms with E-state index in [1.165, 1.54) is 11.3 Å². The molecule has 2 aliphatic carbocycles. The highest BCUT2D eigenvalue weighted by Crippen LogP contribution is 2.57. The zero-order chi connectivity index (χ0) is 21.1. The summed E-state index contributed by atoms with van der Waals surface area (Å²) in [4.78, 5) is 28.8. The molecule has 2 aromatic rings. The van der Waals surface area contributed by atoms with Crippen LogP contribution in [0.1, 0.15) is 52.8 Å². The van der Waals surface area contributed by atoms with Crippen molar-refractivity contribution in [1.82, 2.24) is 10.3 Å². The van der Waals surface area contributed by atoms with E-state index in [0.29, 0.717) is 17.4 Å². The largest absolute Gasteiger partial charge is 0.473 e. The van der Waals surface area contributed by atoms with Gasteiger partial charge in [-0.3, -0.25) is 0 Å². The van der Waals surface area contributed by atoms with Crippen LogP contribution in [-0.4, -0.2) is 35.8 Å². The van der Waals surface area contributed by atoms with E-state index < -0.39 is 0 Å². The monoisotopic (exact) mass is 430 g/mol. The van der Waals surface area contributed by atoms with Gasteiger partial charge in [-0.05, 0) is 50.5 Å². The van der Waals surface area contributed by atoms with Gasteiger partial charge in [0.05, 0.1) is 11.6 Å². The molecule has 160 valence electrons. The van der Waals surface area contributed by atoms with Crippen LogP contribution in [0.5, 0.6) is 5.88 Å². The van der Waals surface area contributed by atoms with E-state index >= 15 is 0 Å². The molecular weight excluding hydrogens is 404 g/mol. The highest BCUT2D eigenvalue weighted by atomic mass is 32.1. The quantitative estimate of drug-likeness (QED) is 0.661. The molecule has 1 amide bonds. The molecule has 30 heavy (non-hydrogen) atoms. The van der Waals surface area contributed by atoms with Crippen molar-refractivity contribution in [2.24, 2.45) is 5.41 Å². The molecule has 1 N–H and O–H groups in total. The van der Waals surface area contributed by atoms with Crippen molar-refractivity contribution in [2.75, 3.05) is 6.61 Å². The predicted molar refractivity (Wildman–Crippen MR) is 112 cm³/mol. The minimum atomic E-state index is -0.380. The van der Waals surface area contributed by atoms with Crippen molar-refractivity contribution < 1.29 is 23.8 Å². The van der Waals surface area contributed by atoms with Gasteiger partial charge >= 0.3 is 12.1 Å². The van der Waals surface area contributed by atoms with Gasteiger partial charge in [0.2, 0.25) is 5.88 Å². The average Bonchev–Trinajstić information content (AvgIpc) is 3.04. The van der Waals surface area contributed by atoms with Gasteiger partial charge in [-0.1, -0.05) is 30.3 Å². The molecule has 0 saturated heterocycles. The third-order valence-corrected chi connectivity index (χ3v) is 6.59. The minimum absolute atomic E-state index is 0.0469. The van der Waals surface area contributed by atoms with Crippen LogP contribution in [0, 0.1) is 12.3 Å². The number of nitrogens with zero attached hydrogens (tertiary/aromatic N) is 1. The lowest BCUT2D eigenvalue weighted by Crippen LogP contribution is -2.58. The van der Waals surface area contributed by atoms with Gasteiger partial charge in [-0.25, -0.2) is 14.6 Å². The zero-order valence-corrected chi connectivity index (χ0v) is 18.0. The maximum absolute atomic E-state index is 12.1. The Bertz CT molecular complexity index is 900. The Morgan fingerprint density at radius 1 is 1.17 bits per heavy atom. The Morgan fingerprint density at radius 2 is 1.90 bits per heavy atom. The summed E-state index contributed by atoms with van der Waals surface area (Å²) in [6, 6.07) is 9.77. The lowest BCUT2D eigenvalue weighted by Gasteiger charge is -2.56. The third kappa shape index (κ3) is 4.59. The summed E-state index contributed by atoms with van der Waals surface area (Å²) >= 11 is 1.30. The zero-order valence-electron chi connectivity index (χ0n) is 17.2. The number of carbonyl (C=O) groups excluding carboxylic acids is 2. The van der Waals surface area contributed by atoms with Crippen molar-refractivity contribution in [3.8, 4) is 5.88 Å². The molecular formula is C22H26N2O5S. The first-order valence-corrected chi connectivity index (χ1v) is 11.1. The number of nitrogens with one attached hydrogen (secondary N) is 1. The van der Waals surface area contributed by atoms with Crippen molar-refractivity contribution in [2.45, 2.75) is 58.3 Å². The van der Waals surface area contributed by atoms with Crippen LogP contribution in [-0.2, 0) is 16.1 Å². The first-order valence-electron chi connectivity index (χ1n) is 10.2.